The van der Waals surface area contributed by atoms with Gasteiger partial charge in [0, 0.05) is 24.9 Å². The van der Waals surface area contributed by atoms with Crippen molar-refractivity contribution in [3.05, 3.63) is 30.1 Å². The molecular formula is C13H22N2O. The lowest BCUT2D eigenvalue weighted by Crippen LogP contribution is -2.34. The number of pyridine rings is 1. The predicted molar refractivity (Wildman–Crippen MR) is 66.3 cm³/mol. The fraction of sp³-hybridized carbons (Fsp3) is 0.615. The second-order valence-corrected chi connectivity index (χ2v) is 4.89. The Labute approximate surface area is 97.9 Å². The molecule has 3 nitrogen and oxygen atoms in total. The SMILES string of the molecule is CC(C)NCCC(C)(O)Cc1ccncc1. The first kappa shape index (κ1) is 13.1. The van der Waals surface area contributed by atoms with Crippen molar-refractivity contribution < 1.29 is 5.11 Å². The van der Waals surface area contributed by atoms with Gasteiger partial charge in [0.2, 0.25) is 0 Å². The second-order valence-electron chi connectivity index (χ2n) is 4.89. The molecule has 0 aliphatic heterocycles. The third-order valence-electron chi connectivity index (χ3n) is 2.55. The molecular weight excluding hydrogens is 200 g/mol. The van der Waals surface area contributed by atoms with Crippen LogP contribution in [-0.4, -0.2) is 28.3 Å². The average Bonchev–Trinajstić information content (AvgIpc) is 2.17. The van der Waals surface area contributed by atoms with Crippen molar-refractivity contribution in [1.29, 1.82) is 0 Å². The van der Waals surface area contributed by atoms with Crippen molar-refractivity contribution >= 4 is 0 Å². The summed E-state index contributed by atoms with van der Waals surface area (Å²) in [6, 6.07) is 4.37. The molecule has 0 aliphatic rings. The number of aromatic nitrogens is 1. The van der Waals surface area contributed by atoms with Crippen LogP contribution in [0.15, 0.2) is 24.5 Å². The molecule has 1 rings (SSSR count). The summed E-state index contributed by atoms with van der Waals surface area (Å²) in [5.41, 5.74) is 0.480. The van der Waals surface area contributed by atoms with Crippen LogP contribution in [0.3, 0.4) is 0 Å². The maximum absolute atomic E-state index is 10.2. The zero-order valence-corrected chi connectivity index (χ0v) is 10.4. The lowest BCUT2D eigenvalue weighted by atomic mass is 9.94. The quantitative estimate of drug-likeness (QED) is 0.771. The standard InChI is InChI=1S/C13H22N2O/c1-11(2)15-9-6-13(3,16)10-12-4-7-14-8-5-12/h4-5,7-8,11,15-16H,6,9-10H2,1-3H3. The lowest BCUT2D eigenvalue weighted by molar-refractivity contribution is 0.0511. The van der Waals surface area contributed by atoms with E-state index in [1.807, 2.05) is 19.1 Å². The van der Waals surface area contributed by atoms with Crippen LogP contribution in [0.1, 0.15) is 32.8 Å². The van der Waals surface area contributed by atoms with Gasteiger partial charge in [0.1, 0.15) is 0 Å². The number of hydrogen-bond donors (Lipinski definition) is 2. The summed E-state index contributed by atoms with van der Waals surface area (Å²) in [6.45, 7) is 6.94. The van der Waals surface area contributed by atoms with Crippen molar-refractivity contribution in [3.63, 3.8) is 0 Å². The number of aliphatic hydroxyl groups is 1. The molecule has 1 aromatic rings. The Hall–Kier alpha value is -0.930. The fourth-order valence-corrected chi connectivity index (χ4v) is 1.66. The first-order chi connectivity index (χ1) is 7.49. The summed E-state index contributed by atoms with van der Waals surface area (Å²) in [5, 5.41) is 13.5. The van der Waals surface area contributed by atoms with Crippen LogP contribution in [0.25, 0.3) is 0 Å². The van der Waals surface area contributed by atoms with Gasteiger partial charge in [0.25, 0.3) is 0 Å². The Bertz CT molecular complexity index is 296. The first-order valence-electron chi connectivity index (χ1n) is 5.84. The molecule has 3 heteroatoms. The van der Waals surface area contributed by atoms with E-state index in [4.69, 9.17) is 0 Å². The van der Waals surface area contributed by atoms with Crippen molar-refractivity contribution in [3.8, 4) is 0 Å². The molecule has 16 heavy (non-hydrogen) atoms. The summed E-state index contributed by atoms with van der Waals surface area (Å²) >= 11 is 0. The van der Waals surface area contributed by atoms with Gasteiger partial charge < -0.3 is 10.4 Å². The molecule has 0 amide bonds. The van der Waals surface area contributed by atoms with Crippen LogP contribution in [0.4, 0.5) is 0 Å². The Kier molecular flexibility index (Phi) is 4.90. The Morgan fingerprint density at radius 1 is 1.38 bits per heavy atom. The molecule has 90 valence electrons. The first-order valence-corrected chi connectivity index (χ1v) is 5.84. The molecule has 0 radical (unpaired) electrons. The van der Waals surface area contributed by atoms with E-state index in [-0.39, 0.29) is 0 Å². The highest BCUT2D eigenvalue weighted by atomic mass is 16.3. The van der Waals surface area contributed by atoms with Gasteiger partial charge in [-0.3, -0.25) is 4.98 Å². The van der Waals surface area contributed by atoms with Gasteiger partial charge in [-0.25, -0.2) is 0 Å². The molecule has 1 unspecified atom stereocenters. The minimum atomic E-state index is -0.650. The van der Waals surface area contributed by atoms with E-state index in [1.165, 1.54) is 0 Å². The van der Waals surface area contributed by atoms with Crippen molar-refractivity contribution in [2.24, 2.45) is 0 Å². The summed E-state index contributed by atoms with van der Waals surface area (Å²) in [5.74, 6) is 0. The molecule has 0 saturated heterocycles. The maximum atomic E-state index is 10.2. The van der Waals surface area contributed by atoms with Gasteiger partial charge in [-0.2, -0.15) is 0 Å². The summed E-state index contributed by atoms with van der Waals surface area (Å²) in [4.78, 5) is 3.97. The Morgan fingerprint density at radius 3 is 2.56 bits per heavy atom. The van der Waals surface area contributed by atoms with Crippen LogP contribution >= 0.6 is 0 Å². The molecule has 0 saturated carbocycles. The lowest BCUT2D eigenvalue weighted by Gasteiger charge is -2.24. The van der Waals surface area contributed by atoms with E-state index >= 15 is 0 Å². The van der Waals surface area contributed by atoms with E-state index in [0.29, 0.717) is 12.5 Å². The van der Waals surface area contributed by atoms with Gasteiger partial charge >= 0.3 is 0 Å². The molecule has 1 atom stereocenters. The third-order valence-corrected chi connectivity index (χ3v) is 2.55. The number of nitrogens with zero attached hydrogens (tertiary/aromatic N) is 1. The van der Waals surface area contributed by atoms with Gasteiger partial charge in [-0.15, -0.1) is 0 Å². The second kappa shape index (κ2) is 5.97. The number of rotatable bonds is 6. The van der Waals surface area contributed by atoms with Gasteiger partial charge in [-0.05, 0) is 37.6 Å². The topological polar surface area (TPSA) is 45.1 Å². The number of nitrogens with one attached hydrogen (secondary N) is 1. The molecule has 0 aliphatic carbocycles. The highest BCUT2D eigenvalue weighted by Gasteiger charge is 2.20. The zero-order chi connectivity index (χ0) is 12.0. The molecule has 0 fully saturated rings. The van der Waals surface area contributed by atoms with Crippen molar-refractivity contribution in [2.75, 3.05) is 6.54 Å². The van der Waals surface area contributed by atoms with Gasteiger partial charge in [0.05, 0.1) is 5.60 Å². The summed E-state index contributed by atoms with van der Waals surface area (Å²) in [6.07, 6.45) is 4.96. The van der Waals surface area contributed by atoms with E-state index in [2.05, 4.69) is 24.1 Å². The molecule has 1 heterocycles. The largest absolute Gasteiger partial charge is 0.390 e. The van der Waals surface area contributed by atoms with Crippen molar-refractivity contribution in [2.45, 2.75) is 45.3 Å². The third kappa shape index (κ3) is 5.24. The smallest absolute Gasteiger partial charge is 0.0672 e. The maximum Gasteiger partial charge on any atom is 0.0672 e. The van der Waals surface area contributed by atoms with Crippen molar-refractivity contribution in [1.82, 2.24) is 10.3 Å². The van der Waals surface area contributed by atoms with E-state index in [1.54, 1.807) is 12.4 Å². The molecule has 0 spiro atoms. The average molecular weight is 222 g/mol. The normalized spacial score (nSPS) is 15.1. The molecule has 2 N–H and O–H groups in total. The van der Waals surface area contributed by atoms with E-state index in [0.717, 1.165) is 18.5 Å². The highest BCUT2D eigenvalue weighted by molar-refractivity contribution is 5.12. The summed E-state index contributed by atoms with van der Waals surface area (Å²) in [7, 11) is 0. The van der Waals surface area contributed by atoms with Gasteiger partial charge in [0.15, 0.2) is 0 Å². The molecule has 0 aromatic carbocycles. The molecule has 1 aromatic heterocycles. The minimum absolute atomic E-state index is 0.469. The van der Waals surface area contributed by atoms with Crippen LogP contribution in [0.5, 0.6) is 0 Å². The zero-order valence-electron chi connectivity index (χ0n) is 10.4. The monoisotopic (exact) mass is 222 g/mol. The predicted octanol–water partition coefficient (Wildman–Crippen LogP) is 1.76. The number of hydrogen-bond acceptors (Lipinski definition) is 3. The van der Waals surface area contributed by atoms with Gasteiger partial charge in [-0.1, -0.05) is 13.8 Å². The Balaban J connectivity index is 2.39. The van der Waals surface area contributed by atoms with Crippen LogP contribution < -0.4 is 5.32 Å². The highest BCUT2D eigenvalue weighted by Crippen LogP contribution is 2.15. The Morgan fingerprint density at radius 2 is 2.00 bits per heavy atom. The van der Waals surface area contributed by atoms with Crippen LogP contribution in [-0.2, 0) is 6.42 Å². The molecule has 0 bridgehead atoms. The van der Waals surface area contributed by atoms with Crippen LogP contribution in [0, 0.1) is 0 Å². The van der Waals surface area contributed by atoms with Crippen LogP contribution in [0.2, 0.25) is 0 Å². The van der Waals surface area contributed by atoms with E-state index < -0.39 is 5.60 Å². The van der Waals surface area contributed by atoms with E-state index in [9.17, 15) is 5.11 Å². The minimum Gasteiger partial charge on any atom is -0.390 e. The summed E-state index contributed by atoms with van der Waals surface area (Å²) < 4.78 is 0. The fourth-order valence-electron chi connectivity index (χ4n) is 1.66.